The molecule has 0 aromatic heterocycles. The third-order valence-electron chi connectivity index (χ3n) is 22.1. The number of ether oxygens (including phenoxy) is 2. The lowest BCUT2D eigenvalue weighted by molar-refractivity contribution is -0.135. The molecule has 3 aromatic carbocycles. The lowest BCUT2D eigenvalue weighted by Crippen LogP contribution is -2.53. The lowest BCUT2D eigenvalue weighted by atomic mass is 9.46. The molecule has 19 rings (SSSR count). The summed E-state index contributed by atoms with van der Waals surface area (Å²) in [5, 5.41) is 23.0. The van der Waals surface area contributed by atoms with Gasteiger partial charge in [-0.1, -0.05) is 0 Å². The van der Waals surface area contributed by atoms with Gasteiger partial charge in [0.1, 0.15) is 23.0 Å². The first-order valence-corrected chi connectivity index (χ1v) is 26.7. The van der Waals surface area contributed by atoms with Crippen LogP contribution in [0.4, 0.5) is 11.4 Å². The highest BCUT2D eigenvalue weighted by molar-refractivity contribution is 5.60. The minimum absolute atomic E-state index is 0.144. The molecule has 0 aliphatic heterocycles. The van der Waals surface area contributed by atoms with E-state index in [1.165, 1.54) is 125 Å². The smallest absolute Gasteiger partial charge is 0.134 e. The molecule has 64 heavy (non-hydrogen) atoms. The summed E-state index contributed by atoms with van der Waals surface area (Å²) in [5.74, 6) is 12.8. The Kier molecular flexibility index (Phi) is 8.05. The molecular weight excluding hydrogens is 789 g/mol. The van der Waals surface area contributed by atoms with Gasteiger partial charge in [0.05, 0.1) is 11.2 Å². The average Bonchev–Trinajstić information content (AvgIpc) is 3.20. The molecule has 4 atom stereocenters. The summed E-state index contributed by atoms with van der Waals surface area (Å²) in [4.78, 5) is 0. The monoisotopic (exact) mass is 861 g/mol. The Hall–Kier alpha value is -3.22. The van der Waals surface area contributed by atoms with E-state index in [9.17, 15) is 10.2 Å². The van der Waals surface area contributed by atoms with Gasteiger partial charge in [0.25, 0.3) is 0 Å². The van der Waals surface area contributed by atoms with E-state index in [0.29, 0.717) is 47.3 Å². The van der Waals surface area contributed by atoms with E-state index in [4.69, 9.17) is 20.9 Å². The van der Waals surface area contributed by atoms with Crippen LogP contribution in [-0.2, 0) is 10.8 Å². The number of hydrogen-bond acceptors (Lipinski definition) is 6. The number of nitrogen functional groups attached to an aromatic ring is 2. The van der Waals surface area contributed by atoms with Crippen LogP contribution in [0, 0.1) is 71.0 Å². The molecule has 6 heteroatoms. The molecule has 6 N–H and O–H groups in total. The summed E-state index contributed by atoms with van der Waals surface area (Å²) < 4.78 is 15.0. The molecule has 3 aromatic rings. The number of hydrogen-bond donors (Lipinski definition) is 4. The van der Waals surface area contributed by atoms with Crippen molar-refractivity contribution in [3.05, 3.63) is 70.8 Å². The molecule has 338 valence electrons. The first-order valence-electron chi connectivity index (χ1n) is 26.7. The molecule has 6 nitrogen and oxygen atoms in total. The van der Waals surface area contributed by atoms with Crippen molar-refractivity contribution in [3.8, 4) is 23.0 Å². The number of benzene rings is 3. The van der Waals surface area contributed by atoms with Crippen molar-refractivity contribution < 1.29 is 19.7 Å². The van der Waals surface area contributed by atoms with Crippen LogP contribution in [-0.4, -0.2) is 21.4 Å². The van der Waals surface area contributed by atoms with E-state index in [1.54, 1.807) is 0 Å². The van der Waals surface area contributed by atoms with Crippen molar-refractivity contribution in [2.24, 2.45) is 71.0 Å². The van der Waals surface area contributed by atoms with Crippen LogP contribution in [0.3, 0.4) is 0 Å². The fourth-order valence-corrected chi connectivity index (χ4v) is 21.5. The predicted octanol–water partition coefficient (Wildman–Crippen LogP) is 12.7. The van der Waals surface area contributed by atoms with Crippen molar-refractivity contribution in [3.63, 3.8) is 0 Å². The van der Waals surface area contributed by atoms with E-state index >= 15 is 0 Å². The second-order valence-corrected chi connectivity index (χ2v) is 26.5. The van der Waals surface area contributed by atoms with Crippen molar-refractivity contribution in [2.75, 3.05) is 11.5 Å². The maximum Gasteiger partial charge on any atom is 0.134 e. The van der Waals surface area contributed by atoms with E-state index < -0.39 is 11.2 Å². The Bertz CT molecular complexity index is 2170. The normalized spacial score (nSPS) is 48.1. The van der Waals surface area contributed by atoms with Crippen LogP contribution in [0.25, 0.3) is 0 Å². The molecule has 16 aliphatic carbocycles. The van der Waals surface area contributed by atoms with Crippen LogP contribution in [0.2, 0.25) is 0 Å². The lowest BCUT2D eigenvalue weighted by Gasteiger charge is -2.58. The third kappa shape index (κ3) is 5.87. The second kappa shape index (κ2) is 13.3. The van der Waals surface area contributed by atoms with Gasteiger partial charge >= 0.3 is 0 Å². The number of nitrogens with two attached hydrogens (primary N) is 2. The maximum absolute atomic E-state index is 11.5. The topological polar surface area (TPSA) is 111 Å². The van der Waals surface area contributed by atoms with E-state index in [1.807, 2.05) is 0 Å². The van der Waals surface area contributed by atoms with Crippen LogP contribution in [0.1, 0.15) is 175 Å². The first-order chi connectivity index (χ1) is 30.9. The molecule has 16 bridgehead atoms. The van der Waals surface area contributed by atoms with E-state index in [0.717, 1.165) is 108 Å². The summed E-state index contributed by atoms with van der Waals surface area (Å²) in [6.45, 7) is 0. The molecule has 0 saturated heterocycles. The highest BCUT2D eigenvalue weighted by atomic mass is 16.5. The quantitative estimate of drug-likeness (QED) is 0.168. The summed E-state index contributed by atoms with van der Waals surface area (Å²) in [6, 6.07) is 18.3. The average molecular weight is 861 g/mol. The van der Waals surface area contributed by atoms with Crippen LogP contribution < -0.4 is 20.9 Å². The van der Waals surface area contributed by atoms with E-state index in [-0.39, 0.29) is 10.8 Å². The number of rotatable bonds is 8. The number of aliphatic hydroxyl groups is 2. The maximum atomic E-state index is 11.5. The Morgan fingerprint density at radius 1 is 0.391 bits per heavy atom. The molecule has 16 aliphatic rings. The van der Waals surface area contributed by atoms with Crippen LogP contribution in [0.5, 0.6) is 23.0 Å². The van der Waals surface area contributed by atoms with Crippen LogP contribution >= 0.6 is 0 Å². The number of anilines is 2. The van der Waals surface area contributed by atoms with Gasteiger partial charge in [-0.05, 0) is 289 Å². The summed E-state index contributed by atoms with van der Waals surface area (Å²) in [7, 11) is 0. The van der Waals surface area contributed by atoms with Gasteiger partial charge in [-0.2, -0.15) is 0 Å². The fraction of sp³-hybridized carbons (Fsp3) is 0.690. The van der Waals surface area contributed by atoms with Gasteiger partial charge in [-0.15, -0.1) is 0 Å². The largest absolute Gasteiger partial charge is 0.457 e. The highest BCUT2D eigenvalue weighted by Crippen LogP contribution is 2.68. The Labute approximate surface area is 381 Å². The zero-order chi connectivity index (χ0) is 42.5. The van der Waals surface area contributed by atoms with Gasteiger partial charge in [0.15, 0.2) is 0 Å². The van der Waals surface area contributed by atoms with Gasteiger partial charge < -0.3 is 31.2 Å². The van der Waals surface area contributed by atoms with E-state index in [2.05, 4.69) is 48.5 Å². The molecule has 0 spiro atoms. The first kappa shape index (κ1) is 38.8. The van der Waals surface area contributed by atoms with Crippen LogP contribution in [0.15, 0.2) is 48.5 Å². The molecule has 4 unspecified atom stereocenters. The van der Waals surface area contributed by atoms with Crippen molar-refractivity contribution in [1.82, 2.24) is 0 Å². The SMILES string of the molecule is Nc1ccc(Oc2cc(Oc3ccc(N)c(C4C5CC6CC4CC(O)(C6)C5)c3)c(C34CC5CC(CC(C5)C3)C4)cc2C23CC4CC(CC(C4)C2)C3)cc1C1C2CC3CC1CC(O)(C3)C2. The molecule has 16 fully saturated rings. The van der Waals surface area contributed by atoms with Gasteiger partial charge in [0.2, 0.25) is 0 Å². The standard InChI is InChI=1S/C58H72N2O4/c59-49-3-1-43(15-45(49)53-39-11-37-12-40(53)28-57(61,25-37)27-39)63-51-18-52(64-44-2-4-50(60)46(16-44)54-41-13-38-14-42(54)30-58(62,26-38)29-41)48(56-22-34-8-35(23-56)10-36(9-34)24-56)17-47(51)55-19-31-5-32(20-55)7-33(6-31)21-55/h1-4,15-18,31-42,53-54,61-62H,5-14,19-30,59-60H2. The Morgan fingerprint density at radius 3 is 1.05 bits per heavy atom. The minimum atomic E-state index is -0.472. The summed E-state index contributed by atoms with van der Waals surface area (Å²) in [5.41, 5.74) is 20.5. The summed E-state index contributed by atoms with van der Waals surface area (Å²) in [6.07, 6.45) is 26.8. The van der Waals surface area contributed by atoms with Crippen molar-refractivity contribution in [1.29, 1.82) is 0 Å². The highest BCUT2D eigenvalue weighted by Gasteiger charge is 2.59. The van der Waals surface area contributed by atoms with Crippen molar-refractivity contribution in [2.45, 2.75) is 175 Å². The molecule has 16 saturated carbocycles. The molecule has 0 heterocycles. The van der Waals surface area contributed by atoms with Crippen molar-refractivity contribution >= 4 is 11.4 Å². The Balaban J connectivity index is 0.861. The van der Waals surface area contributed by atoms with Gasteiger partial charge in [-0.25, -0.2) is 0 Å². The second-order valence-electron chi connectivity index (χ2n) is 26.5. The predicted molar refractivity (Wildman–Crippen MR) is 250 cm³/mol. The Morgan fingerprint density at radius 2 is 0.719 bits per heavy atom. The zero-order valence-electron chi connectivity index (χ0n) is 38.1. The fourth-order valence-electron chi connectivity index (χ4n) is 21.5. The molecular formula is C58H72N2O4. The van der Waals surface area contributed by atoms with Gasteiger partial charge in [-0.3, -0.25) is 0 Å². The molecule has 0 radical (unpaired) electrons. The van der Waals surface area contributed by atoms with Gasteiger partial charge in [0, 0.05) is 28.6 Å². The third-order valence-corrected chi connectivity index (χ3v) is 22.1. The summed E-state index contributed by atoms with van der Waals surface area (Å²) >= 11 is 0. The molecule has 0 amide bonds. The minimum Gasteiger partial charge on any atom is -0.457 e. The zero-order valence-corrected chi connectivity index (χ0v) is 38.1.